The molecule has 0 saturated carbocycles. The zero-order valence-corrected chi connectivity index (χ0v) is 13.4. The van der Waals surface area contributed by atoms with Crippen LogP contribution < -0.4 is 9.46 Å². The Morgan fingerprint density at radius 2 is 2.22 bits per heavy atom. The number of carbonyl (C=O) groups is 1. The number of aryl methyl sites for hydroxylation is 1. The highest BCUT2D eigenvalue weighted by atomic mass is 32.2. The largest absolute Gasteiger partial charge is 0.497 e. The molecule has 0 amide bonds. The molecule has 1 atom stereocenters. The Hall–Kier alpha value is -2.39. The van der Waals surface area contributed by atoms with Crippen molar-refractivity contribution in [1.29, 1.82) is 0 Å². The van der Waals surface area contributed by atoms with Gasteiger partial charge in [-0.25, -0.2) is 13.4 Å². The van der Waals surface area contributed by atoms with Crippen LogP contribution in [0.15, 0.2) is 41.8 Å². The van der Waals surface area contributed by atoms with Crippen molar-refractivity contribution in [2.45, 2.75) is 17.5 Å². The molecule has 1 aromatic carbocycles. The molecule has 0 aliphatic heterocycles. The number of rotatable bonds is 7. The minimum Gasteiger partial charge on any atom is -0.497 e. The lowest BCUT2D eigenvalue weighted by Gasteiger charge is -2.14. The highest BCUT2D eigenvalue weighted by molar-refractivity contribution is 7.89. The van der Waals surface area contributed by atoms with Crippen LogP contribution in [-0.4, -0.2) is 42.2 Å². The molecule has 0 fully saturated rings. The van der Waals surface area contributed by atoms with E-state index in [0.717, 1.165) is 0 Å². The van der Waals surface area contributed by atoms with Gasteiger partial charge >= 0.3 is 5.97 Å². The fourth-order valence-corrected chi connectivity index (χ4v) is 3.16. The van der Waals surface area contributed by atoms with E-state index in [4.69, 9.17) is 4.74 Å². The summed E-state index contributed by atoms with van der Waals surface area (Å²) in [6.07, 6.45) is 2.61. The summed E-state index contributed by atoms with van der Waals surface area (Å²) in [5, 5.41) is 9.07. The summed E-state index contributed by atoms with van der Waals surface area (Å²) < 4.78 is 33.1. The molecular formula is C14H17N3O5S. The average molecular weight is 339 g/mol. The van der Waals surface area contributed by atoms with E-state index in [1.54, 1.807) is 31.3 Å². The number of benzene rings is 1. The lowest BCUT2D eigenvalue weighted by Crippen LogP contribution is -2.42. The molecule has 2 N–H and O–H groups in total. The number of carboxylic acid groups (broad SMARTS) is 1. The molecule has 124 valence electrons. The van der Waals surface area contributed by atoms with E-state index in [0.29, 0.717) is 11.3 Å². The Bertz CT molecular complexity index is 800. The summed E-state index contributed by atoms with van der Waals surface area (Å²) in [6.45, 7) is 0. The summed E-state index contributed by atoms with van der Waals surface area (Å²) in [6, 6.07) is 5.48. The van der Waals surface area contributed by atoms with Crippen molar-refractivity contribution < 1.29 is 23.1 Å². The van der Waals surface area contributed by atoms with Crippen molar-refractivity contribution in [3.63, 3.8) is 0 Å². The first-order chi connectivity index (χ1) is 10.8. The lowest BCUT2D eigenvalue weighted by atomic mass is 10.1. The Balaban J connectivity index is 2.20. The van der Waals surface area contributed by atoms with Gasteiger partial charge in [0, 0.05) is 13.2 Å². The fraction of sp³-hybridized carbons (Fsp3) is 0.286. The number of methoxy groups -OCH3 is 1. The molecular weight excluding hydrogens is 322 g/mol. The Kier molecular flexibility index (Phi) is 5.02. The third-order valence-electron chi connectivity index (χ3n) is 3.13. The minimum absolute atomic E-state index is 0.0153. The molecule has 1 heterocycles. The number of nitrogens with zero attached hydrogens (tertiary/aromatic N) is 2. The first-order valence-corrected chi connectivity index (χ1v) is 8.16. The van der Waals surface area contributed by atoms with Gasteiger partial charge in [-0.3, -0.25) is 4.79 Å². The highest BCUT2D eigenvalue weighted by Gasteiger charge is 2.27. The van der Waals surface area contributed by atoms with Gasteiger partial charge < -0.3 is 14.4 Å². The van der Waals surface area contributed by atoms with Crippen molar-refractivity contribution in [3.05, 3.63) is 42.4 Å². The molecule has 0 spiro atoms. The van der Waals surface area contributed by atoms with Crippen LogP contribution in [0.5, 0.6) is 5.75 Å². The molecule has 0 aliphatic carbocycles. The van der Waals surface area contributed by atoms with Gasteiger partial charge in [-0.15, -0.1) is 0 Å². The second kappa shape index (κ2) is 6.80. The highest BCUT2D eigenvalue weighted by Crippen LogP contribution is 2.15. The number of sulfonamides is 1. The van der Waals surface area contributed by atoms with Crippen LogP contribution in [0.1, 0.15) is 5.56 Å². The van der Waals surface area contributed by atoms with Crippen molar-refractivity contribution >= 4 is 16.0 Å². The first kappa shape index (κ1) is 17.0. The molecule has 0 aliphatic rings. The van der Waals surface area contributed by atoms with E-state index in [2.05, 4.69) is 9.71 Å². The number of aromatic nitrogens is 2. The second-order valence-corrected chi connectivity index (χ2v) is 6.61. The zero-order chi connectivity index (χ0) is 17.0. The van der Waals surface area contributed by atoms with E-state index in [9.17, 15) is 18.3 Å². The van der Waals surface area contributed by atoms with Gasteiger partial charge in [-0.2, -0.15) is 4.72 Å². The van der Waals surface area contributed by atoms with Crippen molar-refractivity contribution in [2.75, 3.05) is 7.11 Å². The molecule has 23 heavy (non-hydrogen) atoms. The van der Waals surface area contributed by atoms with Gasteiger partial charge in [0.1, 0.15) is 11.8 Å². The van der Waals surface area contributed by atoms with Crippen molar-refractivity contribution in [3.8, 4) is 5.75 Å². The normalized spacial score (nSPS) is 12.8. The molecule has 2 aromatic rings. The van der Waals surface area contributed by atoms with Gasteiger partial charge in [-0.05, 0) is 24.1 Å². The van der Waals surface area contributed by atoms with Gasteiger partial charge in [0.25, 0.3) is 10.0 Å². The number of imidazole rings is 1. The molecule has 9 heteroatoms. The van der Waals surface area contributed by atoms with Crippen LogP contribution in [0.25, 0.3) is 0 Å². The lowest BCUT2D eigenvalue weighted by molar-refractivity contribution is -0.138. The van der Waals surface area contributed by atoms with Crippen LogP contribution in [0.3, 0.4) is 0 Å². The zero-order valence-electron chi connectivity index (χ0n) is 12.6. The smallest absolute Gasteiger partial charge is 0.322 e. The van der Waals surface area contributed by atoms with E-state index in [1.807, 2.05) is 0 Å². The van der Waals surface area contributed by atoms with Crippen molar-refractivity contribution in [1.82, 2.24) is 14.3 Å². The molecule has 8 nitrogen and oxygen atoms in total. The van der Waals surface area contributed by atoms with Crippen LogP contribution >= 0.6 is 0 Å². The number of ether oxygens (including phenoxy) is 1. The van der Waals surface area contributed by atoms with Gasteiger partial charge in [0.05, 0.1) is 13.4 Å². The minimum atomic E-state index is -4.01. The van der Waals surface area contributed by atoms with Crippen LogP contribution in [0.4, 0.5) is 0 Å². The number of nitrogens with one attached hydrogen (secondary N) is 1. The number of hydrogen-bond donors (Lipinski definition) is 2. The quantitative estimate of drug-likeness (QED) is 0.755. The van der Waals surface area contributed by atoms with Gasteiger partial charge in [-0.1, -0.05) is 12.1 Å². The van der Waals surface area contributed by atoms with E-state index in [-0.39, 0.29) is 11.4 Å². The first-order valence-electron chi connectivity index (χ1n) is 6.68. The maximum atomic E-state index is 12.2. The third-order valence-corrected chi connectivity index (χ3v) is 4.48. The van der Waals surface area contributed by atoms with E-state index >= 15 is 0 Å². The summed E-state index contributed by atoms with van der Waals surface area (Å²) in [7, 11) is -0.894. The van der Waals surface area contributed by atoms with Crippen molar-refractivity contribution in [2.24, 2.45) is 7.05 Å². The molecule has 1 aromatic heterocycles. The Morgan fingerprint density at radius 1 is 1.48 bits per heavy atom. The molecule has 0 bridgehead atoms. The van der Waals surface area contributed by atoms with Crippen LogP contribution in [-0.2, 0) is 28.3 Å². The Labute approximate surface area is 133 Å². The summed E-state index contributed by atoms with van der Waals surface area (Å²) >= 11 is 0. The van der Waals surface area contributed by atoms with Gasteiger partial charge in [0.15, 0.2) is 5.03 Å². The number of aliphatic carboxylic acids is 1. The SMILES string of the molecule is COc1cccc(CC(NS(=O)(=O)c2cn(C)cn2)C(=O)O)c1. The van der Waals surface area contributed by atoms with E-state index in [1.165, 1.54) is 24.2 Å². The standard InChI is InChI=1S/C14H17N3O5S/c1-17-8-13(15-9-17)23(20,21)16-12(14(18)19)7-10-4-3-5-11(6-10)22-2/h3-6,8-9,12,16H,7H2,1-2H3,(H,18,19). The fourth-order valence-electron chi connectivity index (χ4n) is 1.99. The summed E-state index contributed by atoms with van der Waals surface area (Å²) in [4.78, 5) is 15.1. The number of carboxylic acids is 1. The van der Waals surface area contributed by atoms with E-state index < -0.39 is 22.0 Å². The van der Waals surface area contributed by atoms with Gasteiger partial charge in [0.2, 0.25) is 0 Å². The number of hydrogen-bond acceptors (Lipinski definition) is 5. The van der Waals surface area contributed by atoms with Crippen LogP contribution in [0.2, 0.25) is 0 Å². The second-order valence-electron chi connectivity index (χ2n) is 4.95. The monoisotopic (exact) mass is 339 g/mol. The molecule has 1 unspecified atom stereocenters. The molecule has 2 rings (SSSR count). The summed E-state index contributed by atoms with van der Waals surface area (Å²) in [5.41, 5.74) is 0.639. The third kappa shape index (κ3) is 4.30. The maximum absolute atomic E-state index is 12.2. The predicted octanol–water partition coefficient (Wildman–Crippen LogP) is 0.403. The Morgan fingerprint density at radius 3 is 2.78 bits per heavy atom. The molecule has 0 radical (unpaired) electrons. The van der Waals surface area contributed by atoms with Crippen LogP contribution in [0, 0.1) is 0 Å². The topological polar surface area (TPSA) is 111 Å². The predicted molar refractivity (Wildman–Crippen MR) is 81.7 cm³/mol. The maximum Gasteiger partial charge on any atom is 0.322 e. The summed E-state index contributed by atoms with van der Waals surface area (Å²) in [5.74, 6) is -0.702. The molecule has 0 saturated heterocycles. The average Bonchev–Trinajstić information content (AvgIpc) is 2.94.